The van der Waals surface area contributed by atoms with Crippen LogP contribution in [0.3, 0.4) is 0 Å². The maximum atomic E-state index is 13.5. The van der Waals surface area contributed by atoms with Gasteiger partial charge in [-0.2, -0.15) is 0 Å². The highest BCUT2D eigenvalue weighted by atomic mass is 28.4. The lowest BCUT2D eigenvalue weighted by Crippen LogP contribution is -2.54. The molecule has 0 aliphatic heterocycles. The molecule has 41 heavy (non-hydrogen) atoms. The Labute approximate surface area is 249 Å². The Balaban J connectivity index is 2.17. The number of carbonyl (C=O) groups excluding carboxylic acids is 2. The van der Waals surface area contributed by atoms with Gasteiger partial charge in [-0.3, -0.25) is 0 Å². The molecule has 0 unspecified atom stereocenters. The number of carbonyl (C=O) groups is 2. The van der Waals surface area contributed by atoms with Crippen LogP contribution in [0, 0.1) is 13.8 Å². The van der Waals surface area contributed by atoms with Crippen molar-refractivity contribution in [1.82, 2.24) is 0 Å². The molecule has 0 N–H and O–H groups in total. The molecule has 0 aliphatic rings. The van der Waals surface area contributed by atoms with Crippen molar-refractivity contribution in [3.63, 3.8) is 0 Å². The Bertz CT molecular complexity index is 1110. The van der Waals surface area contributed by atoms with Gasteiger partial charge in [0.2, 0.25) is 0 Å². The Morgan fingerprint density at radius 2 is 1.44 bits per heavy atom. The van der Waals surface area contributed by atoms with Gasteiger partial charge in [-0.15, -0.1) is 0 Å². The largest absolute Gasteiger partial charge is 0.459 e. The van der Waals surface area contributed by atoms with E-state index in [9.17, 15) is 9.59 Å². The summed E-state index contributed by atoms with van der Waals surface area (Å²) in [5.41, 5.74) is 4.03. The van der Waals surface area contributed by atoms with E-state index in [1.807, 2.05) is 43.4 Å². The zero-order valence-electron chi connectivity index (χ0n) is 27.0. The normalized spacial score (nSPS) is 13.9. The van der Waals surface area contributed by atoms with Crippen molar-refractivity contribution in [3.8, 4) is 0 Å². The summed E-state index contributed by atoms with van der Waals surface area (Å²) in [5.74, 6) is -1.24. The molecule has 0 fully saturated rings. The van der Waals surface area contributed by atoms with E-state index in [0.717, 1.165) is 31.2 Å². The predicted octanol–water partition coefficient (Wildman–Crippen LogP) is 7.88. The highest BCUT2D eigenvalue weighted by Gasteiger charge is 2.47. The predicted molar refractivity (Wildman–Crippen MR) is 167 cm³/mol. The van der Waals surface area contributed by atoms with Gasteiger partial charge < -0.3 is 18.6 Å². The number of aryl methyl sites for hydroxylation is 3. The van der Waals surface area contributed by atoms with Gasteiger partial charge >= 0.3 is 11.9 Å². The first-order valence-electron chi connectivity index (χ1n) is 14.8. The fourth-order valence-electron chi connectivity index (χ4n) is 3.95. The number of unbranched alkanes of at least 4 members (excludes halogenated alkanes) is 2. The lowest BCUT2D eigenvalue weighted by Gasteiger charge is -2.40. The third-order valence-electron chi connectivity index (χ3n) is 7.58. The van der Waals surface area contributed by atoms with Crippen molar-refractivity contribution in [1.29, 1.82) is 0 Å². The van der Waals surface area contributed by atoms with Crippen LogP contribution in [0.15, 0.2) is 48.5 Å². The fraction of sp³-hybridized carbons (Fsp3) is 0.588. The molecule has 0 heterocycles. The zero-order chi connectivity index (χ0) is 30.8. The molecule has 0 amide bonds. The zero-order valence-corrected chi connectivity index (χ0v) is 28.0. The lowest BCUT2D eigenvalue weighted by molar-refractivity contribution is -0.183. The summed E-state index contributed by atoms with van der Waals surface area (Å²) in [6.07, 6.45) is 1.20. The third-order valence-corrected chi connectivity index (χ3v) is 12.0. The van der Waals surface area contributed by atoms with Crippen LogP contribution in [-0.2, 0) is 41.3 Å². The second-order valence-corrected chi connectivity index (χ2v) is 18.2. The molecule has 0 aliphatic carbocycles. The van der Waals surface area contributed by atoms with E-state index in [4.69, 9.17) is 18.6 Å². The molecule has 2 atom stereocenters. The van der Waals surface area contributed by atoms with Gasteiger partial charge in [-0.25, -0.2) is 9.59 Å². The van der Waals surface area contributed by atoms with E-state index in [1.54, 1.807) is 20.8 Å². The Hall–Kier alpha value is -2.48. The van der Waals surface area contributed by atoms with Crippen molar-refractivity contribution in [2.45, 2.75) is 124 Å². The number of esters is 2. The number of hydrogen-bond donors (Lipinski definition) is 0. The summed E-state index contributed by atoms with van der Waals surface area (Å²) in [5, 5.41) is -0.194. The standard InChI is InChI=1S/C34H52O6Si/c1-25-20-21-27(23-26(25)2)17-15-12-16-22-37-29(31(35)38-24-28-18-13-11-14-19-28)30(32(36)39-33(3,4)5)40-41(9,10)34(6,7)8/h11,13-14,18-21,23,29-30H,12,15-17,22,24H2,1-10H3/t29-,30-/m1/s1. The monoisotopic (exact) mass is 584 g/mol. The molecular weight excluding hydrogens is 532 g/mol. The summed E-state index contributed by atoms with van der Waals surface area (Å²) >= 11 is 0. The van der Waals surface area contributed by atoms with Crippen LogP contribution in [0.1, 0.15) is 83.1 Å². The quantitative estimate of drug-likeness (QED) is 0.128. The van der Waals surface area contributed by atoms with Crippen molar-refractivity contribution < 1.29 is 28.2 Å². The van der Waals surface area contributed by atoms with Gasteiger partial charge in [0.05, 0.1) is 0 Å². The third kappa shape index (κ3) is 11.7. The molecule has 0 spiro atoms. The van der Waals surface area contributed by atoms with E-state index in [1.165, 1.54) is 16.7 Å². The van der Waals surface area contributed by atoms with Crippen LogP contribution in [-0.4, -0.2) is 44.7 Å². The van der Waals surface area contributed by atoms with Gasteiger partial charge in [0.15, 0.2) is 20.5 Å². The first kappa shape index (κ1) is 34.7. The Morgan fingerprint density at radius 3 is 2.02 bits per heavy atom. The van der Waals surface area contributed by atoms with Crippen LogP contribution < -0.4 is 0 Å². The molecular formula is C34H52O6Si. The maximum absolute atomic E-state index is 13.5. The molecule has 0 bridgehead atoms. The van der Waals surface area contributed by atoms with Crippen LogP contribution >= 0.6 is 0 Å². The number of benzene rings is 2. The summed E-state index contributed by atoms with van der Waals surface area (Å²) in [6, 6.07) is 16.0. The second-order valence-electron chi connectivity index (χ2n) is 13.4. The molecule has 228 valence electrons. The van der Waals surface area contributed by atoms with Gasteiger partial charge in [0.1, 0.15) is 12.2 Å². The first-order valence-corrected chi connectivity index (χ1v) is 17.7. The summed E-state index contributed by atoms with van der Waals surface area (Å²) < 4.78 is 24.1. The highest BCUT2D eigenvalue weighted by molar-refractivity contribution is 6.74. The molecule has 2 aromatic carbocycles. The fourth-order valence-corrected chi connectivity index (χ4v) is 5.16. The van der Waals surface area contributed by atoms with Crippen molar-refractivity contribution in [3.05, 3.63) is 70.8 Å². The Morgan fingerprint density at radius 1 is 0.780 bits per heavy atom. The second kappa shape index (κ2) is 15.1. The average molecular weight is 585 g/mol. The highest BCUT2D eigenvalue weighted by Crippen LogP contribution is 2.38. The number of ether oxygens (including phenoxy) is 3. The molecule has 2 rings (SSSR count). The molecule has 6 nitrogen and oxygen atoms in total. The average Bonchev–Trinajstić information content (AvgIpc) is 2.86. The van der Waals surface area contributed by atoms with Crippen LogP contribution in [0.5, 0.6) is 0 Å². The number of hydrogen-bond acceptors (Lipinski definition) is 6. The maximum Gasteiger partial charge on any atom is 0.338 e. The van der Waals surface area contributed by atoms with Gasteiger partial charge in [-0.1, -0.05) is 75.7 Å². The van der Waals surface area contributed by atoms with Crippen LogP contribution in [0.4, 0.5) is 0 Å². The molecule has 0 saturated heterocycles. The first-order chi connectivity index (χ1) is 19.0. The lowest BCUT2D eigenvalue weighted by atomic mass is 10.0. The molecule has 0 radical (unpaired) electrons. The minimum atomic E-state index is -2.50. The van der Waals surface area contributed by atoms with Gasteiger partial charge in [0, 0.05) is 6.61 Å². The molecule has 2 aromatic rings. The van der Waals surface area contributed by atoms with Crippen molar-refractivity contribution >= 4 is 20.3 Å². The van der Waals surface area contributed by atoms with Crippen molar-refractivity contribution in [2.24, 2.45) is 0 Å². The van der Waals surface area contributed by atoms with Crippen molar-refractivity contribution in [2.75, 3.05) is 6.61 Å². The molecule has 0 aromatic heterocycles. The minimum Gasteiger partial charge on any atom is -0.459 e. The summed E-state index contributed by atoms with van der Waals surface area (Å²) in [7, 11) is -2.50. The van der Waals surface area contributed by atoms with E-state index in [0.29, 0.717) is 6.61 Å². The minimum absolute atomic E-state index is 0.0800. The van der Waals surface area contributed by atoms with E-state index < -0.39 is 38.1 Å². The van der Waals surface area contributed by atoms with Gasteiger partial charge in [-0.05, 0) is 94.3 Å². The molecule has 0 saturated carbocycles. The molecule has 7 heteroatoms. The Kier molecular flexibility index (Phi) is 12.8. The smallest absolute Gasteiger partial charge is 0.338 e. The van der Waals surface area contributed by atoms with Crippen LogP contribution in [0.2, 0.25) is 18.1 Å². The summed E-state index contributed by atoms with van der Waals surface area (Å²) in [4.78, 5) is 27.0. The topological polar surface area (TPSA) is 71.1 Å². The van der Waals surface area contributed by atoms with E-state index in [2.05, 4.69) is 52.8 Å². The van der Waals surface area contributed by atoms with Crippen LogP contribution in [0.25, 0.3) is 0 Å². The van der Waals surface area contributed by atoms with Gasteiger partial charge in [0.25, 0.3) is 0 Å². The van der Waals surface area contributed by atoms with E-state index >= 15 is 0 Å². The van der Waals surface area contributed by atoms with E-state index in [-0.39, 0.29) is 11.6 Å². The SMILES string of the molecule is Cc1ccc(CCCCCO[C@@H](C(=O)OCc2ccccc2)[C@@H](O[Si](C)(C)C(C)(C)C)C(=O)OC(C)(C)C)cc1C. The number of rotatable bonds is 14. The summed E-state index contributed by atoms with van der Waals surface area (Å²) in [6.45, 7) is 20.4.